The minimum atomic E-state index is -1.21. The predicted molar refractivity (Wildman–Crippen MR) is 213 cm³/mol. The van der Waals surface area contributed by atoms with Gasteiger partial charge in [0, 0.05) is 91.3 Å². The highest BCUT2D eigenvalue weighted by atomic mass is 16.4. The fourth-order valence-electron chi connectivity index (χ4n) is 13.4. The molecule has 336 valence electrons. The zero-order chi connectivity index (χ0) is 44.3. The molecule has 19 heteroatoms. The quantitative estimate of drug-likeness (QED) is 0.108. The molecule has 5 saturated heterocycles. The highest BCUT2D eigenvalue weighted by molar-refractivity contribution is 5.81. The van der Waals surface area contributed by atoms with Crippen LogP contribution in [0.5, 0.6) is 0 Å². The molecule has 1 aliphatic carbocycles. The van der Waals surface area contributed by atoms with Crippen molar-refractivity contribution in [3.05, 3.63) is 23.0 Å². The Morgan fingerprint density at radius 1 is 0.803 bits per heavy atom. The van der Waals surface area contributed by atoms with Gasteiger partial charge in [-0.15, -0.1) is 0 Å². The summed E-state index contributed by atoms with van der Waals surface area (Å²) in [7, 11) is 0. The van der Waals surface area contributed by atoms with Gasteiger partial charge in [-0.25, -0.2) is 0 Å². The molecular weight excluding hydrogens is 796 g/mol. The van der Waals surface area contributed by atoms with Crippen LogP contribution >= 0.6 is 0 Å². The average Bonchev–Trinajstić information content (AvgIpc) is 3.83. The van der Waals surface area contributed by atoms with Crippen LogP contribution in [0.15, 0.2) is 23.0 Å². The first-order chi connectivity index (χ1) is 28.7. The number of hydrogen-bond acceptors (Lipinski definition) is 12. The normalized spacial score (nSPS) is 41.8. The number of amides is 2. The summed E-state index contributed by atoms with van der Waals surface area (Å²) >= 11 is 0. The first-order valence-electron chi connectivity index (χ1n) is 21.5. The number of aliphatic carboxylic acids is 5. The summed E-state index contributed by atoms with van der Waals surface area (Å²) in [5, 5.41) is 80.1. The summed E-state index contributed by atoms with van der Waals surface area (Å²) in [5.41, 5.74) is 4.47. The number of aliphatic hydroxyl groups excluding tert-OH is 1. The number of fused-ring (bicyclic) bond motifs is 7. The molecule has 7 aliphatic rings. The molecule has 61 heavy (non-hydrogen) atoms. The van der Waals surface area contributed by atoms with Gasteiger partial charge in [0.15, 0.2) is 0 Å². The molecule has 0 radical (unpaired) electrons. The third-order valence-electron chi connectivity index (χ3n) is 16.0. The molecule has 0 aromatic carbocycles. The Morgan fingerprint density at radius 2 is 1.44 bits per heavy atom. The van der Waals surface area contributed by atoms with Crippen molar-refractivity contribution in [1.29, 1.82) is 0 Å². The third-order valence-corrected chi connectivity index (χ3v) is 16.0. The van der Waals surface area contributed by atoms with Crippen molar-refractivity contribution in [2.75, 3.05) is 0 Å². The van der Waals surface area contributed by atoms with Crippen molar-refractivity contribution in [2.24, 2.45) is 52.1 Å². The molecule has 5 fully saturated rings. The molecule has 13 N–H and O–H groups in total. The third kappa shape index (κ3) is 8.08. The van der Waals surface area contributed by atoms with Crippen molar-refractivity contribution >= 4 is 41.7 Å². The standard InChI is InChI=1S/C42H60N6O13/c1-40(16-30(43)50)22(5-9-33(54)55)27-15-42-41(2,17-31(51)48-42)23(6-10-34(56)57)26(47-42)13-24-20(11-35(58)59)19(4-8-32(52)53)39(45-24)37-28(49)7-3-18-21(12-36(60)61)25(46-38(18)37)14-29(40)44-27/h13,18-23,25-29,39,44-47,49H,3-12,14-17H2,1-2H3,(H2,43,50)(H,48,51)(H,52,53)(H,54,55)(H,56,57)(H,58,59)(H,60,61)/b24-13-/t18-,19-,20-,21-,22+,23+,25+,26?,27-,28?,29?,39?,40-,41-,42-/m0/s1. The van der Waals surface area contributed by atoms with Crippen molar-refractivity contribution in [3.63, 3.8) is 0 Å². The molecule has 6 aliphatic heterocycles. The van der Waals surface area contributed by atoms with E-state index in [4.69, 9.17) is 5.73 Å². The second-order valence-corrected chi connectivity index (χ2v) is 19.3. The zero-order valence-electron chi connectivity index (χ0n) is 34.5. The number of hydrogen-bond donors (Lipinski definition) is 12. The van der Waals surface area contributed by atoms with Gasteiger partial charge < -0.3 is 57.6 Å². The summed E-state index contributed by atoms with van der Waals surface area (Å²) in [6, 6.07) is -3.01. The summed E-state index contributed by atoms with van der Waals surface area (Å²) in [4.78, 5) is 88.3. The minimum absolute atomic E-state index is 0.0149. The zero-order valence-corrected chi connectivity index (χ0v) is 34.5. The number of rotatable bonds is 15. The van der Waals surface area contributed by atoms with Gasteiger partial charge in [0.2, 0.25) is 11.8 Å². The van der Waals surface area contributed by atoms with E-state index in [0.717, 1.165) is 0 Å². The second-order valence-electron chi connectivity index (χ2n) is 19.3. The summed E-state index contributed by atoms with van der Waals surface area (Å²) in [5.74, 6) is -9.49. The fraction of sp³-hybridized carbons (Fsp3) is 0.738. The Balaban J connectivity index is 1.46. The number of nitrogens with two attached hydrogens (primary N) is 1. The van der Waals surface area contributed by atoms with E-state index in [1.165, 1.54) is 0 Å². The van der Waals surface area contributed by atoms with E-state index >= 15 is 0 Å². The molecule has 4 unspecified atom stereocenters. The number of allylic oxidation sites excluding steroid dienone is 2. The number of carbonyl (C=O) groups is 7. The van der Waals surface area contributed by atoms with E-state index in [1.807, 2.05) is 19.9 Å². The lowest BCUT2D eigenvalue weighted by atomic mass is 9.63. The van der Waals surface area contributed by atoms with E-state index in [0.29, 0.717) is 23.4 Å². The SMILES string of the molecule is C[C@@]12CC(=O)N[C@@]13C[C@@H]1NC(C[C@H]4NC5=C(C(O)CC[C@H]5[C@@H]4CC(=O)O)C4N/C(=C\C(N3)[C@H]2CCC(=O)O)[C@@H](CC(=O)O)[C@@H]4CCC(=O)O)[C@@](C)(CC(N)=O)[C@@H]1CCC(=O)O. The van der Waals surface area contributed by atoms with Gasteiger partial charge >= 0.3 is 29.8 Å². The molecule has 0 aromatic heterocycles. The lowest BCUT2D eigenvalue weighted by Gasteiger charge is -2.43. The van der Waals surface area contributed by atoms with Crippen molar-refractivity contribution in [2.45, 2.75) is 146 Å². The van der Waals surface area contributed by atoms with E-state index in [2.05, 4.69) is 26.6 Å². The maximum absolute atomic E-state index is 13.6. The summed E-state index contributed by atoms with van der Waals surface area (Å²) in [6.07, 6.45) is 0.794. The van der Waals surface area contributed by atoms with Crippen LogP contribution in [-0.2, 0) is 33.6 Å². The largest absolute Gasteiger partial charge is 0.481 e. The molecule has 6 heterocycles. The van der Waals surface area contributed by atoms with E-state index in [-0.39, 0.29) is 95.3 Å². The van der Waals surface area contributed by atoms with E-state index in [9.17, 15) is 64.2 Å². The number of nitrogens with one attached hydrogen (secondary N) is 5. The Morgan fingerprint density at radius 3 is 2.07 bits per heavy atom. The predicted octanol–water partition coefficient (Wildman–Crippen LogP) is 0.674. The van der Waals surface area contributed by atoms with Crippen LogP contribution in [0.4, 0.5) is 0 Å². The number of primary amides is 1. The van der Waals surface area contributed by atoms with Crippen LogP contribution in [0, 0.1) is 46.3 Å². The van der Waals surface area contributed by atoms with Crippen LogP contribution in [-0.4, -0.2) is 114 Å². The van der Waals surface area contributed by atoms with Crippen LogP contribution < -0.4 is 32.3 Å². The first kappa shape index (κ1) is 44.3. The van der Waals surface area contributed by atoms with Crippen LogP contribution in [0.25, 0.3) is 0 Å². The highest BCUT2D eigenvalue weighted by Gasteiger charge is 2.68. The number of carbonyl (C=O) groups excluding carboxylic acids is 2. The molecule has 19 nitrogen and oxygen atoms in total. The van der Waals surface area contributed by atoms with Gasteiger partial charge in [-0.3, -0.25) is 38.9 Å². The molecule has 2 amide bonds. The maximum Gasteiger partial charge on any atom is 0.304 e. The monoisotopic (exact) mass is 856 g/mol. The topological polar surface area (TPSA) is 327 Å². The lowest BCUT2D eigenvalue weighted by Crippen LogP contribution is -2.61. The smallest absolute Gasteiger partial charge is 0.304 e. The van der Waals surface area contributed by atoms with Crippen LogP contribution in [0.3, 0.4) is 0 Å². The molecule has 0 saturated carbocycles. The van der Waals surface area contributed by atoms with Gasteiger partial charge in [0.25, 0.3) is 0 Å². The maximum atomic E-state index is 13.6. The Kier molecular flexibility index (Phi) is 12.0. The number of carboxylic acid groups (broad SMARTS) is 5. The van der Waals surface area contributed by atoms with Gasteiger partial charge in [-0.2, -0.15) is 0 Å². The molecule has 0 aromatic rings. The second kappa shape index (κ2) is 16.5. The van der Waals surface area contributed by atoms with Gasteiger partial charge in [-0.05, 0) is 79.3 Å². The number of aliphatic hydroxyl groups is 1. The summed E-state index contributed by atoms with van der Waals surface area (Å²) in [6.45, 7) is 3.81. The minimum Gasteiger partial charge on any atom is -0.481 e. The average molecular weight is 857 g/mol. The summed E-state index contributed by atoms with van der Waals surface area (Å²) < 4.78 is 0. The van der Waals surface area contributed by atoms with Crippen molar-refractivity contribution in [3.8, 4) is 0 Å². The molecular formula is C42H60N6O13. The van der Waals surface area contributed by atoms with E-state index in [1.54, 1.807) is 0 Å². The fourth-order valence-corrected chi connectivity index (χ4v) is 13.4. The van der Waals surface area contributed by atoms with Crippen molar-refractivity contribution in [1.82, 2.24) is 26.6 Å². The molecule has 15 atom stereocenters. The van der Waals surface area contributed by atoms with Gasteiger partial charge in [-0.1, -0.05) is 13.8 Å². The van der Waals surface area contributed by atoms with Crippen LogP contribution in [0.2, 0.25) is 0 Å². The lowest BCUT2D eigenvalue weighted by molar-refractivity contribution is -0.139. The Bertz CT molecular complexity index is 1920. The molecule has 8 bridgehead atoms. The Labute approximate surface area is 352 Å². The van der Waals surface area contributed by atoms with Crippen LogP contribution in [0.1, 0.15) is 104 Å². The first-order valence-corrected chi connectivity index (χ1v) is 21.5. The van der Waals surface area contributed by atoms with E-state index < -0.39 is 118 Å². The van der Waals surface area contributed by atoms with Gasteiger partial charge in [0.05, 0.1) is 30.7 Å². The Hall–Kier alpha value is -4.75. The highest BCUT2D eigenvalue weighted by Crippen LogP contribution is 2.59. The van der Waals surface area contributed by atoms with Gasteiger partial charge in [0.1, 0.15) is 0 Å². The molecule has 7 rings (SSSR count). The van der Waals surface area contributed by atoms with Crippen molar-refractivity contribution < 1.29 is 64.2 Å². The number of carboxylic acids is 5. The molecule has 1 spiro atoms.